The van der Waals surface area contributed by atoms with Crippen LogP contribution in [0.3, 0.4) is 0 Å². The lowest BCUT2D eigenvalue weighted by Crippen LogP contribution is -2.43. The van der Waals surface area contributed by atoms with Crippen molar-refractivity contribution in [3.05, 3.63) is 47.1 Å². The highest BCUT2D eigenvalue weighted by atomic mass is 32.1. The van der Waals surface area contributed by atoms with Gasteiger partial charge in [-0.2, -0.15) is 0 Å². The summed E-state index contributed by atoms with van der Waals surface area (Å²) in [6, 6.07) is 7.12. The molecule has 1 fully saturated rings. The van der Waals surface area contributed by atoms with E-state index in [1.165, 1.54) is 11.3 Å². The minimum absolute atomic E-state index is 0.247. The van der Waals surface area contributed by atoms with Gasteiger partial charge >= 0.3 is 0 Å². The van der Waals surface area contributed by atoms with Crippen LogP contribution in [0.15, 0.2) is 51.6 Å². The molecule has 1 aliphatic heterocycles. The van der Waals surface area contributed by atoms with Gasteiger partial charge < -0.3 is 37.0 Å². The maximum Gasteiger partial charge on any atom is 0.258 e. The molecule has 1 aromatic carbocycles. The fourth-order valence-electron chi connectivity index (χ4n) is 3.00. The molecule has 12 heteroatoms. The monoisotopic (exact) mass is 514 g/mol. The molecule has 194 valence electrons. The summed E-state index contributed by atoms with van der Waals surface area (Å²) in [7, 11) is 0. The fourth-order valence-corrected chi connectivity index (χ4v) is 3.61. The lowest BCUT2D eigenvalue weighted by atomic mass is 10.0. The summed E-state index contributed by atoms with van der Waals surface area (Å²) in [5, 5.41) is 15.6. The smallest absolute Gasteiger partial charge is 0.258 e. The Kier molecular flexibility index (Phi) is 11.2. The molecule has 1 amide bonds. The number of rotatable bonds is 15. The van der Waals surface area contributed by atoms with Crippen LogP contribution in [0.25, 0.3) is 0 Å². The lowest BCUT2D eigenvalue weighted by Gasteiger charge is -2.24. The molecular formula is C24H34N8O3S. The van der Waals surface area contributed by atoms with Crippen molar-refractivity contribution >= 4 is 40.0 Å². The van der Waals surface area contributed by atoms with Crippen LogP contribution in [0.2, 0.25) is 0 Å². The van der Waals surface area contributed by atoms with E-state index in [2.05, 4.69) is 31.1 Å². The highest BCUT2D eigenvalue weighted by Crippen LogP contribution is 2.16. The Labute approximate surface area is 215 Å². The zero-order chi connectivity index (χ0) is 25.6. The second-order valence-electron chi connectivity index (χ2n) is 8.12. The van der Waals surface area contributed by atoms with Crippen molar-refractivity contribution < 1.29 is 14.4 Å². The number of amides is 1. The Hall–Kier alpha value is -3.48. The van der Waals surface area contributed by atoms with Gasteiger partial charge in [0.25, 0.3) is 5.91 Å². The number of carbonyl (C=O) groups is 1. The van der Waals surface area contributed by atoms with Gasteiger partial charge in [0.05, 0.1) is 5.57 Å². The predicted molar refractivity (Wildman–Crippen MR) is 145 cm³/mol. The summed E-state index contributed by atoms with van der Waals surface area (Å²) in [6.45, 7) is 6.29. The SMILES string of the molecule is C/C(=N\OCCOc1ccc(NC(=O)/C(C=NCC2CNC2)=C/NCCCN)cc1)c1csc(N)n1. The van der Waals surface area contributed by atoms with E-state index in [9.17, 15) is 4.79 Å². The van der Waals surface area contributed by atoms with Crippen LogP contribution in [0.5, 0.6) is 5.75 Å². The van der Waals surface area contributed by atoms with Crippen LogP contribution in [0.1, 0.15) is 19.0 Å². The molecule has 1 aliphatic rings. The molecule has 3 rings (SSSR count). The maximum atomic E-state index is 12.8. The summed E-state index contributed by atoms with van der Waals surface area (Å²) in [5.41, 5.74) is 13.6. The number of hydrogen-bond donors (Lipinski definition) is 5. The minimum atomic E-state index is -0.247. The Morgan fingerprint density at radius 1 is 1.31 bits per heavy atom. The highest BCUT2D eigenvalue weighted by molar-refractivity contribution is 7.13. The van der Waals surface area contributed by atoms with Crippen molar-refractivity contribution in [2.24, 2.45) is 21.8 Å². The first-order valence-electron chi connectivity index (χ1n) is 11.8. The third-order valence-electron chi connectivity index (χ3n) is 5.15. The fraction of sp³-hybridized carbons (Fsp3) is 0.417. The van der Waals surface area contributed by atoms with Crippen molar-refractivity contribution in [1.29, 1.82) is 0 Å². The first-order chi connectivity index (χ1) is 17.5. The standard InChI is InChI=1S/C24H34N8O3S/c1-17(22-16-36-24(26)31-22)32-35-10-9-34-21-5-3-20(4-6-21)30-23(33)19(14-27-8-2-7-25)15-29-13-18-11-28-12-18/h3-6,14-16,18,27-28H,2,7-13,25H2,1H3,(H2,26,31)(H,30,33)/b19-14+,29-15?,32-17+. The van der Waals surface area contributed by atoms with Gasteiger partial charge in [-0.15, -0.1) is 11.3 Å². The number of nitrogens with two attached hydrogens (primary N) is 2. The first kappa shape index (κ1) is 27.1. The Bertz CT molecular complexity index is 1050. The van der Waals surface area contributed by atoms with Crippen LogP contribution in [0.4, 0.5) is 10.8 Å². The van der Waals surface area contributed by atoms with Crippen molar-refractivity contribution in [2.75, 3.05) is 57.0 Å². The number of nitrogens with one attached hydrogen (secondary N) is 3. The number of anilines is 2. The van der Waals surface area contributed by atoms with Gasteiger partial charge in [-0.05, 0) is 44.2 Å². The second-order valence-corrected chi connectivity index (χ2v) is 9.01. The molecule has 36 heavy (non-hydrogen) atoms. The Morgan fingerprint density at radius 2 is 2.11 bits per heavy atom. The van der Waals surface area contributed by atoms with Crippen LogP contribution < -0.4 is 32.2 Å². The number of aromatic nitrogens is 1. The number of ether oxygens (including phenoxy) is 1. The summed E-state index contributed by atoms with van der Waals surface area (Å²) in [6.07, 6.45) is 4.11. The van der Waals surface area contributed by atoms with E-state index in [1.807, 2.05) is 5.38 Å². The molecule has 1 aromatic heterocycles. The Balaban J connectivity index is 1.44. The number of oxime groups is 1. The average Bonchev–Trinajstić information content (AvgIpc) is 3.29. The maximum absolute atomic E-state index is 12.8. The zero-order valence-corrected chi connectivity index (χ0v) is 21.2. The van der Waals surface area contributed by atoms with Crippen molar-refractivity contribution in [3.63, 3.8) is 0 Å². The molecule has 0 atom stereocenters. The quantitative estimate of drug-likeness (QED) is 0.104. The molecular weight excluding hydrogens is 480 g/mol. The van der Waals surface area contributed by atoms with E-state index in [-0.39, 0.29) is 12.5 Å². The normalized spacial score (nSPS) is 14.5. The number of aliphatic imine (C=N–C) groups is 1. The Morgan fingerprint density at radius 3 is 2.78 bits per heavy atom. The number of nitrogens with zero attached hydrogens (tertiary/aromatic N) is 3. The average molecular weight is 515 g/mol. The van der Waals surface area contributed by atoms with Crippen LogP contribution in [-0.2, 0) is 9.63 Å². The van der Waals surface area contributed by atoms with Crippen LogP contribution in [0, 0.1) is 5.92 Å². The topological polar surface area (TPSA) is 161 Å². The third-order valence-corrected chi connectivity index (χ3v) is 5.83. The molecule has 0 bridgehead atoms. The van der Waals surface area contributed by atoms with Crippen molar-refractivity contribution in [1.82, 2.24) is 15.6 Å². The molecule has 7 N–H and O–H groups in total. The van der Waals surface area contributed by atoms with E-state index in [1.54, 1.807) is 43.6 Å². The molecule has 0 saturated carbocycles. The molecule has 0 spiro atoms. The van der Waals surface area contributed by atoms with E-state index < -0.39 is 0 Å². The van der Waals surface area contributed by atoms with Gasteiger partial charge in [-0.25, -0.2) is 4.98 Å². The van der Waals surface area contributed by atoms with Gasteiger partial charge in [-0.1, -0.05) is 5.16 Å². The molecule has 0 unspecified atom stereocenters. The number of carbonyl (C=O) groups excluding carboxylic acids is 1. The summed E-state index contributed by atoms with van der Waals surface area (Å²) >= 11 is 1.35. The van der Waals surface area contributed by atoms with Crippen molar-refractivity contribution in [2.45, 2.75) is 13.3 Å². The number of benzene rings is 1. The molecule has 2 heterocycles. The minimum Gasteiger partial charge on any atom is -0.490 e. The van der Waals surface area contributed by atoms with Crippen LogP contribution >= 0.6 is 11.3 Å². The number of hydrogen-bond acceptors (Lipinski definition) is 11. The van der Waals surface area contributed by atoms with Gasteiger partial charge in [0.2, 0.25) is 0 Å². The largest absolute Gasteiger partial charge is 0.490 e. The highest BCUT2D eigenvalue weighted by Gasteiger charge is 2.15. The second kappa shape index (κ2) is 14.8. The van der Waals surface area contributed by atoms with Crippen molar-refractivity contribution in [3.8, 4) is 5.75 Å². The summed E-state index contributed by atoms with van der Waals surface area (Å²) in [4.78, 5) is 26.7. The van der Waals surface area contributed by atoms with Gasteiger partial charge in [0.15, 0.2) is 11.7 Å². The summed E-state index contributed by atoms with van der Waals surface area (Å²) < 4.78 is 5.67. The number of thiazole rings is 1. The van der Waals surface area contributed by atoms with Gasteiger partial charge in [0.1, 0.15) is 23.8 Å². The zero-order valence-electron chi connectivity index (χ0n) is 20.4. The predicted octanol–water partition coefficient (Wildman–Crippen LogP) is 1.60. The van der Waals surface area contributed by atoms with Gasteiger partial charge in [0, 0.05) is 55.6 Å². The van der Waals surface area contributed by atoms with E-state index >= 15 is 0 Å². The molecule has 0 radical (unpaired) electrons. The molecule has 1 saturated heterocycles. The molecule has 0 aliphatic carbocycles. The van der Waals surface area contributed by atoms with Gasteiger partial charge in [-0.3, -0.25) is 9.79 Å². The van der Waals surface area contributed by atoms with Crippen LogP contribution in [-0.4, -0.2) is 68.8 Å². The van der Waals surface area contributed by atoms with E-state index in [0.717, 1.165) is 19.5 Å². The van der Waals surface area contributed by atoms with E-state index in [4.69, 9.17) is 21.0 Å². The van der Waals surface area contributed by atoms with E-state index in [0.29, 0.717) is 65.7 Å². The molecule has 11 nitrogen and oxygen atoms in total. The summed E-state index contributed by atoms with van der Waals surface area (Å²) in [5.74, 6) is 0.934. The number of nitrogen functional groups attached to an aromatic ring is 1. The third kappa shape index (κ3) is 9.29. The first-order valence-corrected chi connectivity index (χ1v) is 12.7. The lowest BCUT2D eigenvalue weighted by molar-refractivity contribution is -0.112. The molecule has 2 aromatic rings.